The van der Waals surface area contributed by atoms with Crippen LogP contribution in [0.15, 0.2) is 0 Å². The third-order valence-corrected chi connectivity index (χ3v) is 4.59. The number of rotatable bonds is 7. The lowest BCUT2D eigenvalue weighted by Crippen LogP contribution is -2.28. The molecule has 0 aliphatic heterocycles. The molecule has 1 aromatic rings. The number of hydrogen-bond acceptors (Lipinski definition) is 2. The first-order valence-corrected chi connectivity index (χ1v) is 7.79. The zero-order valence-corrected chi connectivity index (χ0v) is 15.0. The van der Waals surface area contributed by atoms with E-state index in [-0.39, 0.29) is 12.1 Å². The summed E-state index contributed by atoms with van der Waals surface area (Å²) in [6.45, 7) is 3.87. The molecule has 1 aromatic carbocycles. The minimum Gasteiger partial charge on any atom is -0.423 e. The lowest BCUT2D eigenvalue weighted by Gasteiger charge is -2.23. The molecule has 0 aromatic heterocycles. The van der Waals surface area contributed by atoms with Gasteiger partial charge in [-0.2, -0.15) is 0 Å². The average Bonchev–Trinajstić information content (AvgIpc) is 2.50. The average molecular weight is 355 g/mol. The topological polar surface area (TPSA) is 38.3 Å². The van der Waals surface area contributed by atoms with Gasteiger partial charge in [0.15, 0.2) is 23.3 Å². The molecule has 0 atom stereocenters. The van der Waals surface area contributed by atoms with Crippen LogP contribution in [-0.4, -0.2) is 28.5 Å². The Labute approximate surface area is 133 Å². The molecule has 1 N–H and O–H groups in total. The molecule has 9 heteroatoms. The molecule has 0 aliphatic carbocycles. The van der Waals surface area contributed by atoms with Crippen molar-refractivity contribution in [2.45, 2.75) is 38.7 Å². The minimum absolute atomic E-state index is 0.0511. The van der Waals surface area contributed by atoms with Crippen molar-refractivity contribution in [2.24, 2.45) is 0 Å². The summed E-state index contributed by atoms with van der Waals surface area (Å²) in [7, 11) is 0.587. The van der Waals surface area contributed by atoms with Gasteiger partial charge in [-0.25, -0.2) is 22.0 Å². The Hall–Kier alpha value is -1.48. The van der Waals surface area contributed by atoms with Crippen LogP contribution < -0.4 is 5.32 Å². The van der Waals surface area contributed by atoms with Crippen molar-refractivity contribution < 1.29 is 31.2 Å². The minimum atomic E-state index is -2.29. The first-order chi connectivity index (χ1) is 10.6. The van der Waals surface area contributed by atoms with Crippen molar-refractivity contribution in [3.63, 3.8) is 0 Å². The van der Waals surface area contributed by atoms with E-state index in [4.69, 9.17) is 4.43 Å². The Morgan fingerprint density at radius 2 is 1.48 bits per heavy atom. The number of halogens is 5. The van der Waals surface area contributed by atoms with E-state index in [1.165, 1.54) is 0 Å². The quantitative estimate of drug-likeness (QED) is 0.268. The van der Waals surface area contributed by atoms with E-state index in [2.05, 4.69) is 5.32 Å². The molecule has 0 radical (unpaired) electrons. The Morgan fingerprint density at radius 3 is 1.96 bits per heavy atom. The van der Waals surface area contributed by atoms with E-state index in [1.807, 2.05) is 13.8 Å². The maximum absolute atomic E-state index is 13.4. The maximum Gasteiger partial charge on any atom is 0.257 e. The Kier molecular flexibility index (Phi) is 6.69. The lowest BCUT2D eigenvalue weighted by molar-refractivity contribution is 0.0937. The van der Waals surface area contributed by atoms with Gasteiger partial charge in [-0.3, -0.25) is 4.79 Å². The second-order valence-corrected chi connectivity index (χ2v) is 6.03. The van der Waals surface area contributed by atoms with E-state index in [9.17, 15) is 26.7 Å². The van der Waals surface area contributed by atoms with Gasteiger partial charge in [0.25, 0.3) is 5.91 Å². The van der Waals surface area contributed by atoms with E-state index in [1.54, 1.807) is 0 Å². The van der Waals surface area contributed by atoms with Crippen LogP contribution in [0, 0.1) is 29.1 Å². The summed E-state index contributed by atoms with van der Waals surface area (Å²) in [5.41, 5.74) is -1.75. The summed E-state index contributed by atoms with van der Waals surface area (Å²) in [5, 5.41) is 2.15. The zero-order valence-electron chi connectivity index (χ0n) is 13.0. The standard InChI is InChI=1S/C14H18F5NO2Si/c1-14(2,22-23)5-3-4-6-20-13(21)7-8(15)10(17)12(19)11(18)9(7)16/h3-6H2,1-2,23H3,(H,20,21). The number of nitrogens with one attached hydrogen (secondary N) is 1. The highest BCUT2D eigenvalue weighted by Gasteiger charge is 2.29. The van der Waals surface area contributed by atoms with Crippen LogP contribution in [0.25, 0.3) is 0 Å². The number of carbonyl (C=O) groups excluding carboxylic acids is 1. The Morgan fingerprint density at radius 1 is 1.00 bits per heavy atom. The molecule has 0 bridgehead atoms. The van der Waals surface area contributed by atoms with Gasteiger partial charge >= 0.3 is 0 Å². The number of hydrogen-bond donors (Lipinski definition) is 1. The molecular formula is C14H18F5NO2Si. The first-order valence-electron chi connectivity index (χ1n) is 6.97. The molecule has 0 unspecified atom stereocenters. The highest BCUT2D eigenvalue weighted by Crippen LogP contribution is 2.23. The summed E-state index contributed by atoms with van der Waals surface area (Å²) in [6, 6.07) is 0. The predicted molar refractivity (Wildman–Crippen MR) is 77.5 cm³/mol. The molecule has 1 rings (SSSR count). The summed E-state index contributed by atoms with van der Waals surface area (Å²) in [6.07, 6.45) is 1.87. The lowest BCUT2D eigenvalue weighted by atomic mass is 10.0. The number of unbranched alkanes of at least 4 members (excludes halogenated alkanes) is 1. The van der Waals surface area contributed by atoms with Crippen LogP contribution in [0.3, 0.4) is 0 Å². The maximum atomic E-state index is 13.4. The molecule has 23 heavy (non-hydrogen) atoms. The van der Waals surface area contributed by atoms with Crippen LogP contribution in [0.2, 0.25) is 0 Å². The third-order valence-electron chi connectivity index (χ3n) is 3.48. The molecule has 0 heterocycles. The van der Waals surface area contributed by atoms with Gasteiger partial charge in [-0.15, -0.1) is 0 Å². The molecule has 0 saturated carbocycles. The van der Waals surface area contributed by atoms with Gasteiger partial charge in [0.05, 0.1) is 0 Å². The fraction of sp³-hybridized carbons (Fsp3) is 0.500. The van der Waals surface area contributed by atoms with Crippen molar-refractivity contribution in [2.75, 3.05) is 6.54 Å². The van der Waals surface area contributed by atoms with Gasteiger partial charge in [0.1, 0.15) is 16.0 Å². The predicted octanol–water partition coefficient (Wildman–Crippen LogP) is 2.36. The van der Waals surface area contributed by atoms with Gasteiger partial charge in [0.2, 0.25) is 5.82 Å². The summed E-state index contributed by atoms with van der Waals surface area (Å²) >= 11 is 0. The van der Waals surface area contributed by atoms with Crippen LogP contribution in [-0.2, 0) is 4.43 Å². The van der Waals surface area contributed by atoms with Crippen molar-refractivity contribution in [1.29, 1.82) is 0 Å². The number of amides is 1. The monoisotopic (exact) mass is 355 g/mol. The second-order valence-electron chi connectivity index (χ2n) is 5.62. The molecule has 130 valence electrons. The zero-order chi connectivity index (χ0) is 17.8. The van der Waals surface area contributed by atoms with Crippen LogP contribution in [0.5, 0.6) is 0 Å². The number of benzene rings is 1. The highest BCUT2D eigenvalue weighted by molar-refractivity contribution is 5.98. The first kappa shape index (κ1) is 19.6. The SMILES string of the molecule is CC(C)(CCCCNC(=O)c1c(F)c(F)c(F)c(F)c1F)O[SiH3]. The molecule has 1 amide bonds. The van der Waals surface area contributed by atoms with Gasteiger partial charge < -0.3 is 9.74 Å². The van der Waals surface area contributed by atoms with Crippen LogP contribution in [0.1, 0.15) is 43.5 Å². The molecule has 0 saturated heterocycles. The van der Waals surface area contributed by atoms with E-state index in [0.29, 0.717) is 23.3 Å². The highest BCUT2D eigenvalue weighted by atomic mass is 28.2. The van der Waals surface area contributed by atoms with Crippen LogP contribution >= 0.6 is 0 Å². The van der Waals surface area contributed by atoms with Crippen LogP contribution in [0.4, 0.5) is 22.0 Å². The van der Waals surface area contributed by atoms with Crippen molar-refractivity contribution >= 4 is 16.4 Å². The summed E-state index contributed by atoms with van der Waals surface area (Å²) in [5.74, 6) is -12.2. The second kappa shape index (κ2) is 7.87. The normalized spacial score (nSPS) is 11.8. The van der Waals surface area contributed by atoms with Gasteiger partial charge in [0, 0.05) is 12.1 Å². The molecule has 0 spiro atoms. The molecule has 3 nitrogen and oxygen atoms in total. The van der Waals surface area contributed by atoms with Gasteiger partial charge in [-0.1, -0.05) is 0 Å². The van der Waals surface area contributed by atoms with Gasteiger partial charge in [-0.05, 0) is 33.1 Å². The van der Waals surface area contributed by atoms with Crippen molar-refractivity contribution in [3.8, 4) is 0 Å². The fourth-order valence-corrected chi connectivity index (χ4v) is 2.08. The van der Waals surface area contributed by atoms with Crippen molar-refractivity contribution in [3.05, 3.63) is 34.6 Å². The van der Waals surface area contributed by atoms with Crippen molar-refractivity contribution in [1.82, 2.24) is 5.32 Å². The number of carbonyl (C=O) groups is 1. The van der Waals surface area contributed by atoms with E-state index in [0.717, 1.165) is 6.42 Å². The smallest absolute Gasteiger partial charge is 0.257 e. The molecule has 0 aliphatic rings. The van der Waals surface area contributed by atoms with E-state index >= 15 is 0 Å². The molecular weight excluding hydrogens is 337 g/mol. The van der Waals surface area contributed by atoms with E-state index < -0.39 is 40.6 Å². The third kappa shape index (κ3) is 4.74. The summed E-state index contributed by atoms with van der Waals surface area (Å²) in [4.78, 5) is 11.7. The fourth-order valence-electron chi connectivity index (χ4n) is 1.87. The molecule has 0 fully saturated rings. The summed E-state index contributed by atoms with van der Waals surface area (Å²) < 4.78 is 71.1. The Balaban J connectivity index is 2.67. The largest absolute Gasteiger partial charge is 0.423 e. The Bertz CT molecular complexity index is 566.